The number of hydrogen-bond donors (Lipinski definition) is 1. The van der Waals surface area contributed by atoms with Gasteiger partial charge in [0.05, 0.1) is 0 Å². The van der Waals surface area contributed by atoms with Crippen molar-refractivity contribution in [2.45, 2.75) is 31.7 Å². The molecule has 84 valence electrons. The summed E-state index contributed by atoms with van der Waals surface area (Å²) < 4.78 is 4.99. The van der Waals surface area contributed by atoms with Gasteiger partial charge in [0.15, 0.2) is 0 Å². The lowest BCUT2D eigenvalue weighted by atomic mass is 10.3. The smallest absolute Gasteiger partial charge is 0.0462 e. The molecule has 1 aliphatic carbocycles. The van der Waals surface area contributed by atoms with Crippen LogP contribution in [0.15, 0.2) is 0 Å². The molecule has 1 N–H and O–H groups in total. The Morgan fingerprint density at radius 3 is 2.71 bits per heavy atom. The summed E-state index contributed by atoms with van der Waals surface area (Å²) in [5.41, 5.74) is 0. The molecule has 0 aromatic rings. The SMILES string of the molecule is COCCCCNCCN(C)C1CC1. The molecule has 0 aromatic carbocycles. The van der Waals surface area contributed by atoms with Gasteiger partial charge >= 0.3 is 0 Å². The molecule has 1 aliphatic rings. The number of nitrogens with one attached hydrogen (secondary N) is 1. The summed E-state index contributed by atoms with van der Waals surface area (Å²) in [7, 11) is 3.99. The van der Waals surface area contributed by atoms with Crippen LogP contribution in [0.5, 0.6) is 0 Å². The Morgan fingerprint density at radius 1 is 1.29 bits per heavy atom. The number of nitrogens with zero attached hydrogens (tertiary/aromatic N) is 1. The molecule has 0 radical (unpaired) electrons. The Bertz CT molecular complexity index is 137. The standard InChI is InChI=1S/C11H24N2O/c1-13(11-5-6-11)9-8-12-7-3-4-10-14-2/h11-12H,3-10H2,1-2H3. The van der Waals surface area contributed by atoms with Gasteiger partial charge in [-0.25, -0.2) is 0 Å². The molecule has 3 heteroatoms. The molecule has 0 bridgehead atoms. The van der Waals surface area contributed by atoms with Crippen LogP contribution in [-0.4, -0.2) is 51.3 Å². The highest BCUT2D eigenvalue weighted by Crippen LogP contribution is 2.24. The zero-order chi connectivity index (χ0) is 10.2. The van der Waals surface area contributed by atoms with Crippen molar-refractivity contribution in [1.82, 2.24) is 10.2 Å². The molecule has 0 spiro atoms. The number of methoxy groups -OCH3 is 1. The summed E-state index contributed by atoms with van der Waals surface area (Å²) in [6.07, 6.45) is 5.21. The number of rotatable bonds is 9. The zero-order valence-electron chi connectivity index (χ0n) is 9.59. The lowest BCUT2D eigenvalue weighted by Crippen LogP contribution is -2.31. The fraction of sp³-hybridized carbons (Fsp3) is 1.00. The van der Waals surface area contributed by atoms with E-state index in [4.69, 9.17) is 4.74 Å². The van der Waals surface area contributed by atoms with Crippen LogP contribution in [0.25, 0.3) is 0 Å². The highest BCUT2D eigenvalue weighted by Gasteiger charge is 2.25. The van der Waals surface area contributed by atoms with Crippen molar-refractivity contribution in [3.63, 3.8) is 0 Å². The average molecular weight is 200 g/mol. The Hall–Kier alpha value is -0.120. The molecule has 0 aliphatic heterocycles. The van der Waals surface area contributed by atoms with E-state index in [2.05, 4.69) is 17.3 Å². The molecule has 0 unspecified atom stereocenters. The van der Waals surface area contributed by atoms with Gasteiger partial charge in [-0.05, 0) is 39.3 Å². The monoisotopic (exact) mass is 200 g/mol. The van der Waals surface area contributed by atoms with E-state index >= 15 is 0 Å². The second-order valence-corrected chi connectivity index (χ2v) is 4.16. The van der Waals surface area contributed by atoms with Crippen molar-refractivity contribution in [2.75, 3.05) is 40.4 Å². The van der Waals surface area contributed by atoms with Gasteiger partial charge in [0.2, 0.25) is 0 Å². The summed E-state index contributed by atoms with van der Waals surface area (Å²) >= 11 is 0. The van der Waals surface area contributed by atoms with Gasteiger partial charge in [0.1, 0.15) is 0 Å². The first-order chi connectivity index (χ1) is 6.84. The highest BCUT2D eigenvalue weighted by atomic mass is 16.5. The van der Waals surface area contributed by atoms with E-state index in [9.17, 15) is 0 Å². The molecule has 1 saturated carbocycles. The van der Waals surface area contributed by atoms with Gasteiger partial charge in [-0.2, -0.15) is 0 Å². The minimum atomic E-state index is 0.893. The topological polar surface area (TPSA) is 24.5 Å². The normalized spacial score (nSPS) is 16.5. The molecule has 14 heavy (non-hydrogen) atoms. The maximum Gasteiger partial charge on any atom is 0.0462 e. The summed E-state index contributed by atoms with van der Waals surface area (Å²) in [6.45, 7) is 4.33. The van der Waals surface area contributed by atoms with E-state index in [-0.39, 0.29) is 0 Å². The van der Waals surface area contributed by atoms with Crippen molar-refractivity contribution >= 4 is 0 Å². The molecular formula is C11H24N2O. The average Bonchev–Trinajstić information content (AvgIpc) is 2.99. The molecule has 0 aromatic heterocycles. The second kappa shape index (κ2) is 7.21. The van der Waals surface area contributed by atoms with Crippen LogP contribution >= 0.6 is 0 Å². The van der Waals surface area contributed by atoms with Crippen LogP contribution in [0, 0.1) is 0 Å². The molecule has 0 amide bonds. The van der Waals surface area contributed by atoms with E-state index in [1.165, 1.54) is 32.2 Å². The van der Waals surface area contributed by atoms with Gasteiger partial charge in [-0.3, -0.25) is 0 Å². The third-order valence-electron chi connectivity index (χ3n) is 2.76. The Labute approximate surface area is 87.8 Å². The van der Waals surface area contributed by atoms with Gasteiger partial charge in [0.25, 0.3) is 0 Å². The second-order valence-electron chi connectivity index (χ2n) is 4.16. The largest absolute Gasteiger partial charge is 0.385 e. The summed E-state index contributed by atoms with van der Waals surface area (Å²) in [6, 6.07) is 0.894. The Kier molecular flexibility index (Phi) is 6.15. The van der Waals surface area contributed by atoms with Gasteiger partial charge in [0, 0.05) is 32.8 Å². The fourth-order valence-electron chi connectivity index (χ4n) is 1.57. The minimum absolute atomic E-state index is 0.893. The summed E-state index contributed by atoms with van der Waals surface area (Å²) in [5, 5.41) is 3.46. The molecule has 1 fully saturated rings. The van der Waals surface area contributed by atoms with Crippen LogP contribution in [-0.2, 0) is 4.74 Å². The van der Waals surface area contributed by atoms with Crippen molar-refractivity contribution < 1.29 is 4.74 Å². The van der Waals surface area contributed by atoms with Crippen molar-refractivity contribution in [3.8, 4) is 0 Å². The van der Waals surface area contributed by atoms with Gasteiger partial charge in [-0.1, -0.05) is 0 Å². The van der Waals surface area contributed by atoms with Crippen LogP contribution in [0.3, 0.4) is 0 Å². The predicted octanol–water partition coefficient (Wildman–Crippen LogP) is 1.10. The third-order valence-corrected chi connectivity index (χ3v) is 2.76. The van der Waals surface area contributed by atoms with Gasteiger partial charge < -0.3 is 15.0 Å². The van der Waals surface area contributed by atoms with Crippen LogP contribution < -0.4 is 5.32 Å². The number of ether oxygens (including phenoxy) is 1. The molecule has 1 rings (SSSR count). The van der Waals surface area contributed by atoms with Crippen LogP contribution in [0.2, 0.25) is 0 Å². The fourth-order valence-corrected chi connectivity index (χ4v) is 1.57. The first kappa shape index (κ1) is 12.0. The van der Waals surface area contributed by atoms with E-state index < -0.39 is 0 Å². The van der Waals surface area contributed by atoms with E-state index in [1.807, 2.05) is 0 Å². The molecule has 0 heterocycles. The van der Waals surface area contributed by atoms with Crippen LogP contribution in [0.1, 0.15) is 25.7 Å². The Morgan fingerprint density at radius 2 is 2.07 bits per heavy atom. The third kappa shape index (κ3) is 5.58. The maximum absolute atomic E-state index is 4.99. The van der Waals surface area contributed by atoms with E-state index in [1.54, 1.807) is 7.11 Å². The quantitative estimate of drug-likeness (QED) is 0.564. The summed E-state index contributed by atoms with van der Waals surface area (Å²) in [4.78, 5) is 2.46. The highest BCUT2D eigenvalue weighted by molar-refractivity contribution is 4.82. The van der Waals surface area contributed by atoms with E-state index in [0.717, 1.165) is 25.7 Å². The maximum atomic E-state index is 4.99. The first-order valence-electron chi connectivity index (χ1n) is 5.74. The molecule has 0 saturated heterocycles. The van der Waals surface area contributed by atoms with Crippen molar-refractivity contribution in [2.24, 2.45) is 0 Å². The lowest BCUT2D eigenvalue weighted by molar-refractivity contribution is 0.192. The first-order valence-corrected chi connectivity index (χ1v) is 5.74. The van der Waals surface area contributed by atoms with Gasteiger partial charge in [-0.15, -0.1) is 0 Å². The summed E-state index contributed by atoms with van der Waals surface area (Å²) in [5.74, 6) is 0. The van der Waals surface area contributed by atoms with Crippen molar-refractivity contribution in [1.29, 1.82) is 0 Å². The van der Waals surface area contributed by atoms with E-state index in [0.29, 0.717) is 0 Å². The molecular weight excluding hydrogens is 176 g/mol. The number of unbranched alkanes of at least 4 members (excludes halogenated alkanes) is 1. The number of hydrogen-bond acceptors (Lipinski definition) is 3. The molecule has 3 nitrogen and oxygen atoms in total. The number of likely N-dealkylation sites (N-methyl/N-ethyl adjacent to an activating group) is 1. The Balaban J connectivity index is 1.75. The van der Waals surface area contributed by atoms with Crippen molar-refractivity contribution in [3.05, 3.63) is 0 Å². The predicted molar refractivity (Wildman–Crippen MR) is 59.6 cm³/mol. The lowest BCUT2D eigenvalue weighted by Gasteiger charge is -2.15. The molecule has 0 atom stereocenters. The minimum Gasteiger partial charge on any atom is -0.385 e. The van der Waals surface area contributed by atoms with Crippen LogP contribution in [0.4, 0.5) is 0 Å². The zero-order valence-corrected chi connectivity index (χ0v) is 9.59.